The number of carboxylic acids is 1. The predicted octanol–water partition coefficient (Wildman–Crippen LogP) is 6.67. The minimum absolute atomic E-state index is 0.485. The molecule has 0 aromatic heterocycles. The Morgan fingerprint density at radius 1 is 0.852 bits per heavy atom. The fraction of sp³-hybridized carbons (Fsp3) is 0.458. The monoisotopic (exact) mass is 368 g/mol. The average molecular weight is 369 g/mol. The van der Waals surface area contributed by atoms with Gasteiger partial charge >= 0.3 is 5.97 Å². The molecule has 3 nitrogen and oxygen atoms in total. The lowest BCUT2D eigenvalue weighted by atomic mass is 9.98. The van der Waals surface area contributed by atoms with Crippen LogP contribution in [-0.2, 0) is 4.79 Å². The van der Waals surface area contributed by atoms with Crippen molar-refractivity contribution in [2.75, 3.05) is 6.61 Å². The first-order valence-corrected chi connectivity index (χ1v) is 10.2. The summed E-state index contributed by atoms with van der Waals surface area (Å²) in [5, 5.41) is 9.09. The zero-order valence-corrected chi connectivity index (χ0v) is 16.6. The van der Waals surface area contributed by atoms with Crippen LogP contribution in [0.2, 0.25) is 0 Å². The first kappa shape index (κ1) is 21.0. The molecule has 1 unspecified atom stereocenters. The highest BCUT2D eigenvalue weighted by Crippen LogP contribution is 2.25. The van der Waals surface area contributed by atoms with E-state index in [9.17, 15) is 4.79 Å². The quantitative estimate of drug-likeness (QED) is 0.425. The maximum atomic E-state index is 11.1. The molecule has 0 aliphatic rings. The second-order valence-corrected chi connectivity index (χ2v) is 7.18. The molecule has 3 heteroatoms. The molecule has 0 amide bonds. The largest absolute Gasteiger partial charge is 0.494 e. The second-order valence-electron chi connectivity index (χ2n) is 7.18. The number of rotatable bonds is 12. The Morgan fingerprint density at radius 3 is 1.93 bits per heavy atom. The zero-order valence-electron chi connectivity index (χ0n) is 16.6. The summed E-state index contributed by atoms with van der Waals surface area (Å²) in [6, 6.07) is 15.8. The maximum Gasteiger partial charge on any atom is 0.310 e. The topological polar surface area (TPSA) is 46.5 Å². The minimum Gasteiger partial charge on any atom is -0.494 e. The number of benzene rings is 2. The highest BCUT2D eigenvalue weighted by molar-refractivity contribution is 5.76. The summed E-state index contributed by atoms with van der Waals surface area (Å²) in [4.78, 5) is 11.1. The molecular weight excluding hydrogens is 336 g/mol. The number of aliphatic carboxylic acids is 1. The van der Waals surface area contributed by atoms with Crippen molar-refractivity contribution in [2.45, 2.75) is 64.7 Å². The van der Waals surface area contributed by atoms with Crippen LogP contribution in [0.15, 0.2) is 48.5 Å². The SMILES string of the molecule is CCCCCCCCCOc1ccc(-c2ccc(C(C)C(=O)O)cc2)cc1. The molecule has 2 aromatic carbocycles. The Bertz CT molecular complexity index is 674. The van der Waals surface area contributed by atoms with Gasteiger partial charge in [0.1, 0.15) is 5.75 Å². The molecule has 0 aliphatic carbocycles. The molecular formula is C24H32O3. The van der Waals surface area contributed by atoms with Crippen LogP contribution in [-0.4, -0.2) is 17.7 Å². The summed E-state index contributed by atoms with van der Waals surface area (Å²) < 4.78 is 5.84. The van der Waals surface area contributed by atoms with E-state index in [1.807, 2.05) is 36.4 Å². The Kier molecular flexibility index (Phi) is 8.90. The highest BCUT2D eigenvalue weighted by atomic mass is 16.5. The third-order valence-electron chi connectivity index (χ3n) is 4.99. The van der Waals surface area contributed by atoms with Crippen LogP contribution < -0.4 is 4.74 Å². The van der Waals surface area contributed by atoms with E-state index >= 15 is 0 Å². The van der Waals surface area contributed by atoms with Gasteiger partial charge in [-0.15, -0.1) is 0 Å². The molecule has 146 valence electrons. The molecule has 0 spiro atoms. The molecule has 1 atom stereocenters. The summed E-state index contributed by atoms with van der Waals surface area (Å²) >= 11 is 0. The Hall–Kier alpha value is -2.29. The Balaban J connectivity index is 1.77. The van der Waals surface area contributed by atoms with E-state index in [2.05, 4.69) is 19.1 Å². The van der Waals surface area contributed by atoms with Crippen LogP contribution in [0, 0.1) is 0 Å². The lowest BCUT2D eigenvalue weighted by Gasteiger charge is -2.09. The van der Waals surface area contributed by atoms with E-state index in [0.717, 1.165) is 35.5 Å². The van der Waals surface area contributed by atoms with Crippen molar-refractivity contribution in [3.63, 3.8) is 0 Å². The third-order valence-corrected chi connectivity index (χ3v) is 4.99. The van der Waals surface area contributed by atoms with Gasteiger partial charge in [0.25, 0.3) is 0 Å². The van der Waals surface area contributed by atoms with Gasteiger partial charge in [0.2, 0.25) is 0 Å². The third kappa shape index (κ3) is 7.09. The number of carbonyl (C=O) groups is 1. The van der Waals surface area contributed by atoms with Gasteiger partial charge in [0.05, 0.1) is 12.5 Å². The summed E-state index contributed by atoms with van der Waals surface area (Å²) in [5.41, 5.74) is 3.00. The maximum absolute atomic E-state index is 11.1. The van der Waals surface area contributed by atoms with Crippen molar-refractivity contribution in [3.8, 4) is 16.9 Å². The van der Waals surface area contributed by atoms with Crippen LogP contribution in [0.3, 0.4) is 0 Å². The van der Waals surface area contributed by atoms with Crippen molar-refractivity contribution in [3.05, 3.63) is 54.1 Å². The zero-order chi connectivity index (χ0) is 19.5. The molecule has 0 saturated carbocycles. The van der Waals surface area contributed by atoms with Crippen LogP contribution >= 0.6 is 0 Å². The van der Waals surface area contributed by atoms with Gasteiger partial charge in [-0.05, 0) is 42.2 Å². The number of carboxylic acid groups (broad SMARTS) is 1. The van der Waals surface area contributed by atoms with Crippen molar-refractivity contribution < 1.29 is 14.6 Å². The molecule has 0 saturated heterocycles. The number of unbranched alkanes of at least 4 members (excludes halogenated alkanes) is 6. The Morgan fingerprint density at radius 2 is 1.37 bits per heavy atom. The molecule has 0 fully saturated rings. The molecule has 0 aliphatic heterocycles. The standard InChI is InChI=1S/C24H32O3/c1-3-4-5-6-7-8-9-18-27-23-16-14-22(15-17-23)21-12-10-20(11-13-21)19(2)24(25)26/h10-17,19H,3-9,18H2,1-2H3,(H,25,26). The second kappa shape index (κ2) is 11.4. The summed E-state index contributed by atoms with van der Waals surface area (Å²) in [6.07, 6.45) is 9.00. The van der Waals surface area contributed by atoms with Crippen LogP contribution in [0.4, 0.5) is 0 Å². The molecule has 1 N–H and O–H groups in total. The molecule has 27 heavy (non-hydrogen) atoms. The van der Waals surface area contributed by atoms with Gasteiger partial charge in [-0.2, -0.15) is 0 Å². The van der Waals surface area contributed by atoms with Gasteiger partial charge in [-0.1, -0.05) is 81.8 Å². The van der Waals surface area contributed by atoms with Crippen molar-refractivity contribution in [2.24, 2.45) is 0 Å². The predicted molar refractivity (Wildman–Crippen MR) is 111 cm³/mol. The average Bonchev–Trinajstić information content (AvgIpc) is 2.70. The fourth-order valence-corrected chi connectivity index (χ4v) is 3.10. The van der Waals surface area contributed by atoms with Crippen molar-refractivity contribution in [1.29, 1.82) is 0 Å². The van der Waals surface area contributed by atoms with E-state index in [-0.39, 0.29) is 0 Å². The number of ether oxygens (including phenoxy) is 1. The fourth-order valence-electron chi connectivity index (χ4n) is 3.10. The number of hydrogen-bond acceptors (Lipinski definition) is 2. The van der Waals surface area contributed by atoms with Crippen LogP contribution in [0.1, 0.15) is 70.3 Å². The van der Waals surface area contributed by atoms with Gasteiger partial charge in [0, 0.05) is 0 Å². The van der Waals surface area contributed by atoms with Crippen molar-refractivity contribution >= 4 is 5.97 Å². The van der Waals surface area contributed by atoms with E-state index in [0.29, 0.717) is 0 Å². The van der Waals surface area contributed by atoms with E-state index in [4.69, 9.17) is 9.84 Å². The first-order valence-electron chi connectivity index (χ1n) is 10.2. The minimum atomic E-state index is -0.801. The molecule has 2 aromatic rings. The molecule has 0 heterocycles. The van der Waals surface area contributed by atoms with E-state index < -0.39 is 11.9 Å². The smallest absolute Gasteiger partial charge is 0.310 e. The lowest BCUT2D eigenvalue weighted by molar-refractivity contribution is -0.138. The van der Waals surface area contributed by atoms with Gasteiger partial charge < -0.3 is 9.84 Å². The normalized spacial score (nSPS) is 11.9. The first-order chi connectivity index (χ1) is 13.1. The molecule has 2 rings (SSSR count). The van der Waals surface area contributed by atoms with Gasteiger partial charge in [-0.25, -0.2) is 0 Å². The number of hydrogen-bond donors (Lipinski definition) is 1. The summed E-state index contributed by atoms with van der Waals surface area (Å²) in [5.74, 6) is -0.382. The highest BCUT2D eigenvalue weighted by Gasteiger charge is 2.13. The van der Waals surface area contributed by atoms with E-state index in [1.54, 1.807) is 6.92 Å². The van der Waals surface area contributed by atoms with Gasteiger partial charge in [-0.3, -0.25) is 4.79 Å². The summed E-state index contributed by atoms with van der Waals surface area (Å²) in [7, 11) is 0. The Labute approximate surface area is 163 Å². The van der Waals surface area contributed by atoms with Gasteiger partial charge in [0.15, 0.2) is 0 Å². The molecule has 0 bridgehead atoms. The molecule has 0 radical (unpaired) electrons. The summed E-state index contributed by atoms with van der Waals surface area (Å²) in [6.45, 7) is 4.72. The van der Waals surface area contributed by atoms with Crippen LogP contribution in [0.25, 0.3) is 11.1 Å². The lowest BCUT2D eigenvalue weighted by Crippen LogP contribution is -2.06. The van der Waals surface area contributed by atoms with E-state index in [1.165, 1.54) is 38.5 Å². The van der Waals surface area contributed by atoms with Crippen molar-refractivity contribution in [1.82, 2.24) is 0 Å². The van der Waals surface area contributed by atoms with Crippen LogP contribution in [0.5, 0.6) is 5.75 Å².